The van der Waals surface area contributed by atoms with Crippen molar-refractivity contribution in [2.24, 2.45) is 5.92 Å². The summed E-state index contributed by atoms with van der Waals surface area (Å²) < 4.78 is 0. The van der Waals surface area contributed by atoms with Crippen molar-refractivity contribution in [2.75, 3.05) is 6.54 Å². The second-order valence-electron chi connectivity index (χ2n) is 7.02. The Morgan fingerprint density at radius 2 is 1.84 bits per heavy atom. The van der Waals surface area contributed by atoms with E-state index in [0.29, 0.717) is 24.8 Å². The van der Waals surface area contributed by atoms with Gasteiger partial charge in [0.25, 0.3) is 0 Å². The SMILES string of the molecule is O=C(CC(c1ccccc1)C1CC1)NCCc1c[nH]c2ccccc12. The Bertz CT molecular complexity index is 849. The summed E-state index contributed by atoms with van der Waals surface area (Å²) in [5.74, 6) is 1.22. The number of hydrogen-bond donors (Lipinski definition) is 2. The fraction of sp³-hybridized carbons (Fsp3) is 0.318. The lowest BCUT2D eigenvalue weighted by atomic mass is 9.91. The second-order valence-corrected chi connectivity index (χ2v) is 7.02. The predicted molar refractivity (Wildman–Crippen MR) is 102 cm³/mol. The van der Waals surface area contributed by atoms with Crippen molar-refractivity contribution in [3.05, 3.63) is 71.9 Å². The van der Waals surface area contributed by atoms with Crippen molar-refractivity contribution in [1.29, 1.82) is 0 Å². The molecule has 0 spiro atoms. The fourth-order valence-corrected chi connectivity index (χ4v) is 3.70. The molecule has 0 saturated heterocycles. The van der Waals surface area contributed by atoms with Crippen molar-refractivity contribution in [3.8, 4) is 0 Å². The number of benzene rings is 2. The van der Waals surface area contributed by atoms with Gasteiger partial charge in [0.15, 0.2) is 0 Å². The Kier molecular flexibility index (Phi) is 4.55. The molecule has 0 bridgehead atoms. The number of rotatable bonds is 7. The van der Waals surface area contributed by atoms with E-state index in [0.717, 1.165) is 11.9 Å². The Labute approximate surface area is 148 Å². The van der Waals surface area contributed by atoms with Crippen LogP contribution >= 0.6 is 0 Å². The monoisotopic (exact) mass is 332 g/mol. The number of amides is 1. The molecular formula is C22H24N2O. The number of fused-ring (bicyclic) bond motifs is 1. The number of hydrogen-bond acceptors (Lipinski definition) is 1. The zero-order chi connectivity index (χ0) is 17.1. The maximum Gasteiger partial charge on any atom is 0.220 e. The largest absolute Gasteiger partial charge is 0.361 e. The maximum atomic E-state index is 12.4. The maximum absolute atomic E-state index is 12.4. The van der Waals surface area contributed by atoms with Gasteiger partial charge in [-0.25, -0.2) is 0 Å². The molecule has 1 aliphatic carbocycles. The van der Waals surface area contributed by atoms with Gasteiger partial charge in [0, 0.05) is 30.1 Å². The van der Waals surface area contributed by atoms with Crippen molar-refractivity contribution in [1.82, 2.24) is 10.3 Å². The van der Waals surface area contributed by atoms with Crippen LogP contribution in [0.4, 0.5) is 0 Å². The fourth-order valence-electron chi connectivity index (χ4n) is 3.70. The highest BCUT2D eigenvalue weighted by Crippen LogP contribution is 2.44. The first-order chi connectivity index (χ1) is 12.3. The summed E-state index contributed by atoms with van der Waals surface area (Å²) in [5.41, 5.74) is 3.72. The van der Waals surface area contributed by atoms with Crippen LogP contribution in [0.3, 0.4) is 0 Å². The molecule has 2 aromatic carbocycles. The van der Waals surface area contributed by atoms with E-state index in [-0.39, 0.29) is 5.91 Å². The third-order valence-corrected chi connectivity index (χ3v) is 5.22. The predicted octanol–water partition coefficient (Wildman–Crippen LogP) is 4.41. The van der Waals surface area contributed by atoms with Gasteiger partial charge in [-0.3, -0.25) is 4.79 Å². The summed E-state index contributed by atoms with van der Waals surface area (Å²) in [7, 11) is 0. The van der Waals surface area contributed by atoms with Gasteiger partial charge in [-0.15, -0.1) is 0 Å². The van der Waals surface area contributed by atoms with Crippen LogP contribution in [0.25, 0.3) is 10.9 Å². The number of para-hydroxylation sites is 1. The summed E-state index contributed by atoms with van der Waals surface area (Å²) in [5, 5.41) is 4.36. The van der Waals surface area contributed by atoms with E-state index in [2.05, 4.69) is 52.8 Å². The number of carbonyl (C=O) groups is 1. The molecule has 1 aliphatic rings. The van der Waals surface area contributed by atoms with Crippen LogP contribution in [0.5, 0.6) is 0 Å². The van der Waals surface area contributed by atoms with E-state index in [9.17, 15) is 4.79 Å². The van der Waals surface area contributed by atoms with E-state index < -0.39 is 0 Å². The first-order valence-electron chi connectivity index (χ1n) is 9.18. The molecule has 1 heterocycles. The van der Waals surface area contributed by atoms with Crippen LogP contribution in [0.15, 0.2) is 60.8 Å². The highest BCUT2D eigenvalue weighted by Gasteiger charge is 2.33. The second kappa shape index (κ2) is 7.14. The van der Waals surface area contributed by atoms with Crippen LogP contribution in [0, 0.1) is 5.92 Å². The third-order valence-electron chi connectivity index (χ3n) is 5.22. The average Bonchev–Trinajstić information content (AvgIpc) is 3.41. The van der Waals surface area contributed by atoms with Crippen LogP contribution in [0.1, 0.15) is 36.3 Å². The van der Waals surface area contributed by atoms with E-state index >= 15 is 0 Å². The number of H-pyrrole nitrogens is 1. The molecule has 4 rings (SSSR count). The van der Waals surface area contributed by atoms with Gasteiger partial charge in [-0.05, 0) is 48.3 Å². The van der Waals surface area contributed by atoms with Gasteiger partial charge in [-0.2, -0.15) is 0 Å². The molecule has 3 heteroatoms. The molecule has 1 unspecified atom stereocenters. The van der Waals surface area contributed by atoms with Crippen molar-refractivity contribution < 1.29 is 4.79 Å². The minimum absolute atomic E-state index is 0.167. The third kappa shape index (κ3) is 3.76. The Hall–Kier alpha value is -2.55. The lowest BCUT2D eigenvalue weighted by Gasteiger charge is -2.16. The molecule has 1 fully saturated rings. The lowest BCUT2D eigenvalue weighted by Crippen LogP contribution is -2.27. The summed E-state index contributed by atoms with van der Waals surface area (Å²) in [6, 6.07) is 18.8. The first kappa shape index (κ1) is 15.9. The Morgan fingerprint density at radius 1 is 1.08 bits per heavy atom. The van der Waals surface area contributed by atoms with Gasteiger partial charge in [0.2, 0.25) is 5.91 Å². The molecule has 1 saturated carbocycles. The van der Waals surface area contributed by atoms with Crippen LogP contribution < -0.4 is 5.32 Å². The molecule has 0 aliphatic heterocycles. The molecular weight excluding hydrogens is 308 g/mol. The van der Waals surface area contributed by atoms with E-state index in [1.165, 1.54) is 29.4 Å². The number of nitrogens with one attached hydrogen (secondary N) is 2. The molecule has 2 N–H and O–H groups in total. The average molecular weight is 332 g/mol. The zero-order valence-corrected chi connectivity index (χ0v) is 14.4. The smallest absolute Gasteiger partial charge is 0.220 e. The van der Waals surface area contributed by atoms with E-state index in [1.807, 2.05) is 18.3 Å². The Balaban J connectivity index is 1.33. The molecule has 0 radical (unpaired) electrons. The quantitative estimate of drug-likeness (QED) is 0.661. The normalized spacial score (nSPS) is 15.2. The van der Waals surface area contributed by atoms with E-state index in [1.54, 1.807) is 0 Å². The lowest BCUT2D eigenvalue weighted by molar-refractivity contribution is -0.121. The van der Waals surface area contributed by atoms with Gasteiger partial charge in [0.1, 0.15) is 0 Å². The van der Waals surface area contributed by atoms with Gasteiger partial charge < -0.3 is 10.3 Å². The minimum atomic E-state index is 0.167. The summed E-state index contributed by atoms with van der Waals surface area (Å²) >= 11 is 0. The molecule has 128 valence electrons. The standard InChI is InChI=1S/C22H24N2O/c25-22(14-20(17-10-11-17)16-6-2-1-3-7-16)23-13-12-18-15-24-21-9-5-4-8-19(18)21/h1-9,15,17,20,24H,10-14H2,(H,23,25). The van der Waals surface area contributed by atoms with Crippen molar-refractivity contribution in [2.45, 2.75) is 31.6 Å². The highest BCUT2D eigenvalue weighted by molar-refractivity contribution is 5.83. The number of aromatic amines is 1. The van der Waals surface area contributed by atoms with Gasteiger partial charge >= 0.3 is 0 Å². The van der Waals surface area contributed by atoms with Crippen molar-refractivity contribution >= 4 is 16.8 Å². The highest BCUT2D eigenvalue weighted by atomic mass is 16.1. The molecule has 1 aromatic heterocycles. The number of carbonyl (C=O) groups excluding carboxylic acids is 1. The molecule has 3 aromatic rings. The van der Waals surface area contributed by atoms with Crippen LogP contribution in [-0.4, -0.2) is 17.4 Å². The van der Waals surface area contributed by atoms with E-state index in [4.69, 9.17) is 0 Å². The summed E-state index contributed by atoms with van der Waals surface area (Å²) in [4.78, 5) is 15.7. The first-order valence-corrected chi connectivity index (χ1v) is 9.18. The molecule has 1 atom stereocenters. The van der Waals surface area contributed by atoms with Crippen LogP contribution in [-0.2, 0) is 11.2 Å². The van der Waals surface area contributed by atoms with Crippen LogP contribution in [0.2, 0.25) is 0 Å². The molecule has 3 nitrogen and oxygen atoms in total. The molecule has 1 amide bonds. The number of aromatic nitrogens is 1. The topological polar surface area (TPSA) is 44.9 Å². The minimum Gasteiger partial charge on any atom is -0.361 e. The molecule has 25 heavy (non-hydrogen) atoms. The zero-order valence-electron chi connectivity index (χ0n) is 14.4. The van der Waals surface area contributed by atoms with Gasteiger partial charge in [0.05, 0.1) is 0 Å². The van der Waals surface area contributed by atoms with Gasteiger partial charge in [-0.1, -0.05) is 48.5 Å². The summed E-state index contributed by atoms with van der Waals surface area (Å²) in [6.07, 6.45) is 6.01. The summed E-state index contributed by atoms with van der Waals surface area (Å²) in [6.45, 7) is 0.687. The van der Waals surface area contributed by atoms with Crippen molar-refractivity contribution in [3.63, 3.8) is 0 Å². The Morgan fingerprint density at radius 3 is 2.64 bits per heavy atom.